The third-order valence-electron chi connectivity index (χ3n) is 10.3. The van der Waals surface area contributed by atoms with Crippen LogP contribution in [0.5, 0.6) is 0 Å². The van der Waals surface area contributed by atoms with Gasteiger partial charge in [0.2, 0.25) is 0 Å². The van der Waals surface area contributed by atoms with E-state index in [0.29, 0.717) is 24.1 Å². The van der Waals surface area contributed by atoms with E-state index in [-0.39, 0.29) is 25.8 Å². The molecule has 9 heteroatoms. The van der Waals surface area contributed by atoms with Crippen molar-refractivity contribution >= 4 is 13.8 Å². The lowest BCUT2D eigenvalue weighted by Crippen LogP contribution is -2.37. The third-order valence-corrected chi connectivity index (χ3v) is 11.3. The molecule has 0 amide bonds. The Balaban J connectivity index is 4.18. The maximum Gasteiger partial charge on any atom is 0.306 e. The van der Waals surface area contributed by atoms with Gasteiger partial charge in [0.15, 0.2) is 0 Å². The van der Waals surface area contributed by atoms with E-state index in [1.165, 1.54) is 167 Å². The lowest BCUT2D eigenvalue weighted by molar-refractivity contribution is -0.870. The van der Waals surface area contributed by atoms with Crippen LogP contribution < -0.4 is 4.89 Å². The quantitative estimate of drug-likeness (QED) is 0.0199. The number of likely N-dealkylation sites (N-methyl/N-ethyl adjacent to an activating group) is 1. The molecule has 1 unspecified atom stereocenters. The maximum absolute atomic E-state index is 12.7. The molecule has 0 N–H and O–H groups in total. The summed E-state index contributed by atoms with van der Waals surface area (Å²) in [7, 11) is 1.37. The Morgan fingerprint density at radius 3 is 1.38 bits per heavy atom. The number of allylic oxidation sites excluding steroid dienone is 2. The molecule has 0 heterocycles. The van der Waals surface area contributed by atoms with E-state index in [2.05, 4.69) is 26.0 Å². The van der Waals surface area contributed by atoms with Gasteiger partial charge in [-0.05, 0) is 38.5 Å². The summed E-state index contributed by atoms with van der Waals surface area (Å²) in [6.45, 7) is 5.45. The summed E-state index contributed by atoms with van der Waals surface area (Å²) in [5, 5.41) is 0. The first kappa shape index (κ1) is 54.2. The van der Waals surface area contributed by atoms with Crippen LogP contribution in [0, 0.1) is 0 Å². The standard InChI is InChI=1S/C46H92NO7P/c1-6-8-10-12-14-16-18-20-22-24-25-27-29-31-33-35-37-39-46(48)54-45(44-53-55(49,50)52-42-40-47(3,4)5)43-51-41-38-36-34-32-30-28-26-23-21-19-17-15-13-11-9-7-2/h20,22,45H,6-19,21,23-44H2,1-5H3/b22-20-/t45-/m1/s1. The molecule has 8 nitrogen and oxygen atoms in total. The highest BCUT2D eigenvalue weighted by Crippen LogP contribution is 2.38. The summed E-state index contributed by atoms with van der Waals surface area (Å²) >= 11 is 0. The molecule has 328 valence electrons. The Labute approximate surface area is 341 Å². The molecule has 0 aliphatic heterocycles. The first-order chi connectivity index (χ1) is 26.6. The van der Waals surface area contributed by atoms with Crippen LogP contribution in [0.25, 0.3) is 0 Å². The number of esters is 1. The van der Waals surface area contributed by atoms with Crippen molar-refractivity contribution in [3.05, 3.63) is 12.2 Å². The molecule has 0 aliphatic rings. The van der Waals surface area contributed by atoms with E-state index in [1.54, 1.807) is 0 Å². The topological polar surface area (TPSA) is 94.1 Å². The van der Waals surface area contributed by atoms with Crippen molar-refractivity contribution in [1.82, 2.24) is 0 Å². The zero-order valence-electron chi connectivity index (χ0n) is 37.1. The first-order valence-corrected chi connectivity index (χ1v) is 24.9. The van der Waals surface area contributed by atoms with Crippen LogP contribution in [0.1, 0.15) is 219 Å². The molecular formula is C46H92NO7P. The minimum Gasteiger partial charge on any atom is -0.756 e. The van der Waals surface area contributed by atoms with Gasteiger partial charge in [-0.1, -0.05) is 187 Å². The Morgan fingerprint density at radius 2 is 0.945 bits per heavy atom. The number of hydrogen-bond acceptors (Lipinski definition) is 7. The van der Waals surface area contributed by atoms with Crippen molar-refractivity contribution in [3.63, 3.8) is 0 Å². The number of nitrogens with zero attached hydrogens (tertiary/aromatic N) is 1. The molecule has 55 heavy (non-hydrogen) atoms. The van der Waals surface area contributed by atoms with Gasteiger partial charge in [-0.25, -0.2) is 0 Å². The number of phosphoric ester groups is 1. The van der Waals surface area contributed by atoms with Gasteiger partial charge in [0.25, 0.3) is 7.82 Å². The fourth-order valence-corrected chi connectivity index (χ4v) is 7.39. The molecule has 2 atom stereocenters. The molecule has 0 spiro atoms. The molecule has 0 aromatic rings. The second-order valence-electron chi connectivity index (χ2n) is 17.1. The van der Waals surface area contributed by atoms with Crippen molar-refractivity contribution < 1.29 is 37.3 Å². The smallest absolute Gasteiger partial charge is 0.306 e. The van der Waals surface area contributed by atoms with E-state index in [4.69, 9.17) is 18.5 Å². The summed E-state index contributed by atoms with van der Waals surface area (Å²) in [4.78, 5) is 25.1. The number of hydrogen-bond donors (Lipinski definition) is 0. The van der Waals surface area contributed by atoms with Gasteiger partial charge in [-0.2, -0.15) is 0 Å². The highest BCUT2D eigenvalue weighted by Gasteiger charge is 2.20. The van der Waals surface area contributed by atoms with E-state index >= 15 is 0 Å². The van der Waals surface area contributed by atoms with E-state index in [0.717, 1.165) is 32.1 Å². The summed E-state index contributed by atoms with van der Waals surface area (Å²) in [5.41, 5.74) is 0. The van der Waals surface area contributed by atoms with Crippen LogP contribution in [0.4, 0.5) is 0 Å². The fourth-order valence-electron chi connectivity index (χ4n) is 6.66. The largest absolute Gasteiger partial charge is 0.756 e. The second-order valence-corrected chi connectivity index (χ2v) is 18.5. The molecule has 0 aromatic carbocycles. The lowest BCUT2D eigenvalue weighted by Gasteiger charge is -2.28. The average molecular weight is 802 g/mol. The maximum atomic E-state index is 12.7. The molecular weight excluding hydrogens is 709 g/mol. The summed E-state index contributed by atoms with van der Waals surface area (Å²) in [6, 6.07) is 0. The highest BCUT2D eigenvalue weighted by molar-refractivity contribution is 7.45. The zero-order valence-corrected chi connectivity index (χ0v) is 38.0. The van der Waals surface area contributed by atoms with Crippen LogP contribution in [-0.2, 0) is 27.9 Å². The van der Waals surface area contributed by atoms with E-state index < -0.39 is 13.9 Å². The van der Waals surface area contributed by atoms with Crippen LogP contribution in [0.15, 0.2) is 12.2 Å². The van der Waals surface area contributed by atoms with Gasteiger partial charge in [0.05, 0.1) is 34.4 Å². The summed E-state index contributed by atoms with van der Waals surface area (Å²) < 4.78 is 34.7. The van der Waals surface area contributed by atoms with Crippen LogP contribution in [-0.4, -0.2) is 70.7 Å². The summed E-state index contributed by atoms with van der Waals surface area (Å²) in [6.07, 6.45) is 43.6. The van der Waals surface area contributed by atoms with Crippen molar-refractivity contribution in [1.29, 1.82) is 0 Å². The van der Waals surface area contributed by atoms with Gasteiger partial charge in [0, 0.05) is 13.0 Å². The van der Waals surface area contributed by atoms with Crippen LogP contribution >= 0.6 is 7.82 Å². The number of rotatable bonds is 44. The number of carbonyl (C=O) groups is 1. The minimum absolute atomic E-state index is 0.0286. The van der Waals surface area contributed by atoms with Gasteiger partial charge >= 0.3 is 5.97 Å². The molecule has 0 saturated carbocycles. The van der Waals surface area contributed by atoms with Crippen molar-refractivity contribution in [2.75, 3.05) is 54.1 Å². The average Bonchev–Trinajstić information content (AvgIpc) is 3.13. The third kappa shape index (κ3) is 44.2. The number of phosphoric acid groups is 1. The van der Waals surface area contributed by atoms with Crippen LogP contribution in [0.3, 0.4) is 0 Å². The van der Waals surface area contributed by atoms with Gasteiger partial charge in [-0.3, -0.25) is 9.36 Å². The second kappa shape index (κ2) is 40.0. The number of ether oxygens (including phenoxy) is 2. The van der Waals surface area contributed by atoms with Gasteiger partial charge in [0.1, 0.15) is 19.3 Å². The van der Waals surface area contributed by atoms with Crippen LogP contribution in [0.2, 0.25) is 0 Å². The fraction of sp³-hybridized carbons (Fsp3) is 0.935. The normalized spacial score (nSPS) is 13.8. The molecule has 0 aliphatic carbocycles. The molecule has 0 rings (SSSR count). The predicted molar refractivity (Wildman–Crippen MR) is 231 cm³/mol. The summed E-state index contributed by atoms with van der Waals surface area (Å²) in [5.74, 6) is -0.334. The predicted octanol–water partition coefficient (Wildman–Crippen LogP) is 13.2. The molecule has 0 saturated heterocycles. The Kier molecular flexibility index (Phi) is 39.5. The molecule has 0 fully saturated rings. The van der Waals surface area contributed by atoms with Gasteiger partial charge < -0.3 is 27.9 Å². The molecule has 0 radical (unpaired) electrons. The van der Waals surface area contributed by atoms with E-state index in [1.807, 2.05) is 21.1 Å². The van der Waals surface area contributed by atoms with Crippen molar-refractivity contribution in [3.8, 4) is 0 Å². The number of carbonyl (C=O) groups excluding carboxylic acids is 1. The SMILES string of the molecule is CCCCCCCC/C=C\CCCCCCCCCC(=O)O[C@H](COCCCCCCCCCCCCCCCCCC)COP(=O)([O-])OCC[N+](C)(C)C. The Hall–Kier alpha value is -0.760. The molecule has 0 aromatic heterocycles. The number of quaternary nitrogens is 1. The van der Waals surface area contributed by atoms with E-state index in [9.17, 15) is 14.3 Å². The monoisotopic (exact) mass is 802 g/mol. The lowest BCUT2D eigenvalue weighted by atomic mass is 10.0. The van der Waals surface area contributed by atoms with Crippen molar-refractivity contribution in [2.45, 2.75) is 225 Å². The van der Waals surface area contributed by atoms with Gasteiger partial charge in [-0.15, -0.1) is 0 Å². The molecule has 0 bridgehead atoms. The minimum atomic E-state index is -4.52. The Morgan fingerprint density at radius 1 is 0.545 bits per heavy atom. The van der Waals surface area contributed by atoms with Crippen molar-refractivity contribution in [2.24, 2.45) is 0 Å². The first-order valence-electron chi connectivity index (χ1n) is 23.4. The highest BCUT2D eigenvalue weighted by atomic mass is 31.2. The number of unbranched alkanes of at least 4 members (excludes halogenated alkanes) is 28. The Bertz CT molecular complexity index is 894. The zero-order chi connectivity index (χ0) is 40.6.